The second-order valence-corrected chi connectivity index (χ2v) is 7.90. The molecule has 176 valence electrons. The summed E-state index contributed by atoms with van der Waals surface area (Å²) >= 11 is 0. The van der Waals surface area contributed by atoms with Crippen molar-refractivity contribution >= 4 is 31.3 Å². The average Bonchev–Trinajstić information content (AvgIpc) is 3.24. The van der Waals surface area contributed by atoms with E-state index < -0.39 is 44.9 Å². The molecule has 1 saturated heterocycles. The fourth-order valence-corrected chi connectivity index (χ4v) is 3.73. The number of carbonyl (C=O) groups excluding carboxylic acids is 1. The first kappa shape index (κ1) is 24.2. The molecule has 1 unspecified atom stereocenters. The summed E-state index contributed by atoms with van der Waals surface area (Å²) < 4.78 is 38.9. The molecule has 1 aliphatic heterocycles. The van der Waals surface area contributed by atoms with Gasteiger partial charge >= 0.3 is 14.2 Å². The van der Waals surface area contributed by atoms with Gasteiger partial charge in [0.2, 0.25) is 18.4 Å². The van der Waals surface area contributed by atoms with Crippen LogP contribution >= 0.6 is 8.25 Å². The second-order valence-electron chi connectivity index (χ2n) is 6.94. The highest BCUT2D eigenvalue weighted by Gasteiger charge is 2.54. The smallest absolute Gasteiger partial charge is 0.476 e. The number of anilines is 1. The molecule has 14 nitrogen and oxygen atoms in total. The lowest BCUT2D eigenvalue weighted by atomic mass is 9.96. The Balaban J connectivity index is 1.73. The van der Waals surface area contributed by atoms with Gasteiger partial charge in [-0.1, -0.05) is 0 Å². The summed E-state index contributed by atoms with van der Waals surface area (Å²) in [4.78, 5) is 23.6. The van der Waals surface area contributed by atoms with Crippen LogP contribution in [0.3, 0.4) is 0 Å². The Morgan fingerprint density at radius 1 is 1.34 bits per heavy atom. The maximum Gasteiger partial charge on any atom is 0.698 e. The van der Waals surface area contributed by atoms with Crippen molar-refractivity contribution in [3.63, 3.8) is 0 Å². The van der Waals surface area contributed by atoms with Gasteiger partial charge in [-0.05, 0) is 20.8 Å². The minimum atomic E-state index is -2.69. The average molecular weight is 474 g/mol. The van der Waals surface area contributed by atoms with Crippen LogP contribution in [-0.2, 0) is 27.9 Å². The van der Waals surface area contributed by atoms with Crippen LogP contribution in [0.4, 0.5) is 5.95 Å². The third-order valence-electron chi connectivity index (χ3n) is 4.63. The van der Waals surface area contributed by atoms with Gasteiger partial charge in [0.05, 0.1) is 19.5 Å². The molecule has 3 heterocycles. The molecular weight excluding hydrogens is 449 g/mol. The van der Waals surface area contributed by atoms with Gasteiger partial charge in [-0.3, -0.25) is 4.57 Å². The predicted molar refractivity (Wildman–Crippen MR) is 108 cm³/mol. The first-order chi connectivity index (χ1) is 15.2. The first-order valence-electron chi connectivity index (χ1n) is 9.76. The van der Waals surface area contributed by atoms with Crippen LogP contribution in [0.25, 0.3) is 11.2 Å². The largest absolute Gasteiger partial charge is 0.698 e. The molecule has 3 rings (SSSR count). The third kappa shape index (κ3) is 4.95. The highest BCUT2D eigenvalue weighted by atomic mass is 31.1. The molecule has 2 aromatic rings. The van der Waals surface area contributed by atoms with Crippen molar-refractivity contribution in [2.75, 3.05) is 32.2 Å². The molecule has 4 N–H and O–H groups in total. The van der Waals surface area contributed by atoms with Crippen LogP contribution in [0.15, 0.2) is 6.33 Å². The Morgan fingerprint density at radius 3 is 2.78 bits per heavy atom. The molecule has 2 aromatic heterocycles. The van der Waals surface area contributed by atoms with E-state index in [0.29, 0.717) is 12.1 Å². The van der Waals surface area contributed by atoms with Gasteiger partial charge in [0.1, 0.15) is 24.4 Å². The van der Waals surface area contributed by atoms with Gasteiger partial charge in [-0.25, -0.2) is 9.78 Å². The lowest BCUT2D eigenvalue weighted by molar-refractivity contribution is -0.145. The second kappa shape index (κ2) is 9.98. The van der Waals surface area contributed by atoms with Gasteiger partial charge in [0.25, 0.3) is 0 Å². The van der Waals surface area contributed by atoms with E-state index >= 15 is 0 Å². The van der Waals surface area contributed by atoms with Crippen molar-refractivity contribution in [2.24, 2.45) is 0 Å². The van der Waals surface area contributed by atoms with Crippen molar-refractivity contribution < 1.29 is 42.8 Å². The number of ether oxygens (including phenoxy) is 3. The molecule has 0 saturated carbocycles. The zero-order valence-corrected chi connectivity index (χ0v) is 18.6. The Hall–Kier alpha value is -2.48. The quantitative estimate of drug-likeness (QED) is 0.310. The van der Waals surface area contributed by atoms with E-state index in [0.717, 1.165) is 0 Å². The van der Waals surface area contributed by atoms with Crippen molar-refractivity contribution in [1.29, 1.82) is 0 Å². The van der Waals surface area contributed by atoms with E-state index in [9.17, 15) is 19.6 Å². The normalized spacial score (nSPS) is 25.8. The summed E-state index contributed by atoms with van der Waals surface area (Å²) in [5.41, 5.74) is 4.48. The van der Waals surface area contributed by atoms with E-state index in [-0.39, 0.29) is 30.7 Å². The number of hydrogen-bond acceptors (Lipinski definition) is 13. The number of esters is 1. The van der Waals surface area contributed by atoms with Crippen molar-refractivity contribution in [3.8, 4) is 5.88 Å². The number of nitrogen functional groups attached to an aromatic ring is 1. The van der Waals surface area contributed by atoms with Crippen LogP contribution in [0, 0.1) is 0 Å². The minimum absolute atomic E-state index is 0.0727. The molecule has 1 fully saturated rings. The van der Waals surface area contributed by atoms with E-state index in [1.54, 1.807) is 13.8 Å². The zero-order valence-electron chi connectivity index (χ0n) is 17.7. The summed E-state index contributed by atoms with van der Waals surface area (Å²) in [7, 11) is -2.69. The van der Waals surface area contributed by atoms with Gasteiger partial charge < -0.3 is 30.2 Å². The van der Waals surface area contributed by atoms with Crippen LogP contribution in [0.1, 0.15) is 27.0 Å². The van der Waals surface area contributed by atoms with Gasteiger partial charge in [0.15, 0.2) is 17.4 Å². The molecule has 0 amide bonds. The number of imidazole rings is 1. The Bertz CT molecular complexity index is 985. The van der Waals surface area contributed by atoms with Crippen LogP contribution < -0.4 is 10.5 Å². The van der Waals surface area contributed by atoms with Gasteiger partial charge in [-0.15, -0.1) is 9.05 Å². The third-order valence-corrected chi connectivity index (χ3v) is 5.33. The maximum atomic E-state index is 11.8. The number of aliphatic hydroxyl groups excluding tert-OH is 1. The number of hydrogen-bond donors (Lipinski definition) is 3. The molecule has 15 heteroatoms. The Morgan fingerprint density at radius 2 is 2.09 bits per heavy atom. The molecular formula is C17H25N5O9P+. The standard InChI is InChI=1S/C17H25N5O9P/c1-4-27-10(23)7-30-32(26)29-6-9-12(24)17(3,25)15(31-9)22-8-19-11-13(22)20-16(18)21-14(11)28-5-2/h8-9,12,15,24-25H,4-7H2,1-3H3,(H2,18,20,21)/q+1/t9-,12-,15-,17-/m1/s1. The van der Waals surface area contributed by atoms with Crippen molar-refractivity contribution in [3.05, 3.63) is 6.33 Å². The van der Waals surface area contributed by atoms with E-state index in [1.807, 2.05) is 0 Å². The fraction of sp³-hybridized carbons (Fsp3) is 0.647. The maximum absolute atomic E-state index is 11.8. The SMILES string of the molecule is CCOC(=O)CO[P+](=O)OC[C@H]1O[C@@H](n2cnc3c(OCC)nc(N)nc32)[C@](C)(O)[C@@H]1O. The molecule has 0 aliphatic carbocycles. The summed E-state index contributed by atoms with van der Waals surface area (Å²) in [5, 5.41) is 21.5. The number of carbonyl (C=O) groups is 1. The number of fused-ring (bicyclic) bond motifs is 1. The minimum Gasteiger partial charge on any atom is -0.476 e. The molecule has 0 bridgehead atoms. The molecule has 0 radical (unpaired) electrons. The van der Waals surface area contributed by atoms with E-state index in [1.165, 1.54) is 17.8 Å². The molecule has 5 atom stereocenters. The lowest BCUT2D eigenvalue weighted by Crippen LogP contribution is -2.44. The molecule has 0 aromatic carbocycles. The van der Waals surface area contributed by atoms with Crippen molar-refractivity contribution in [1.82, 2.24) is 19.5 Å². The summed E-state index contributed by atoms with van der Waals surface area (Å²) in [6, 6.07) is 0. The van der Waals surface area contributed by atoms with Gasteiger partial charge in [-0.2, -0.15) is 9.97 Å². The summed E-state index contributed by atoms with van der Waals surface area (Å²) in [5.74, 6) is -0.599. The number of aliphatic hydroxyl groups is 2. The van der Waals surface area contributed by atoms with Crippen LogP contribution in [0.5, 0.6) is 5.88 Å². The molecule has 1 aliphatic rings. The summed E-state index contributed by atoms with van der Waals surface area (Å²) in [6.45, 7) is 4.29. The predicted octanol–water partition coefficient (Wildman–Crippen LogP) is 0.0702. The number of nitrogens with zero attached hydrogens (tertiary/aromatic N) is 4. The van der Waals surface area contributed by atoms with Crippen LogP contribution in [0.2, 0.25) is 0 Å². The van der Waals surface area contributed by atoms with Crippen molar-refractivity contribution in [2.45, 2.75) is 44.8 Å². The lowest BCUT2D eigenvalue weighted by Gasteiger charge is -2.27. The molecule has 32 heavy (non-hydrogen) atoms. The van der Waals surface area contributed by atoms with Crippen LogP contribution in [-0.4, -0.2) is 79.9 Å². The Labute approximate surface area is 183 Å². The Kier molecular flexibility index (Phi) is 7.54. The molecule has 0 spiro atoms. The number of rotatable bonds is 10. The zero-order chi connectivity index (χ0) is 23.5. The summed E-state index contributed by atoms with van der Waals surface area (Å²) in [6.07, 6.45) is -2.30. The first-order valence-corrected chi connectivity index (χ1v) is 10.9. The number of aromatic nitrogens is 4. The number of nitrogens with two attached hydrogens (primary N) is 1. The van der Waals surface area contributed by atoms with Gasteiger partial charge in [0, 0.05) is 4.57 Å². The van der Waals surface area contributed by atoms with E-state index in [4.69, 9.17) is 24.3 Å². The fourth-order valence-electron chi connectivity index (χ4n) is 3.17. The highest BCUT2D eigenvalue weighted by Crippen LogP contribution is 2.41. The topological polar surface area (TPSA) is 190 Å². The highest BCUT2D eigenvalue weighted by molar-refractivity contribution is 7.33. The monoisotopic (exact) mass is 474 g/mol. The van der Waals surface area contributed by atoms with E-state index in [2.05, 4.69) is 19.7 Å².